The Hall–Kier alpha value is -2.32. The molecule has 0 heterocycles. The molecule has 4 unspecified atom stereocenters. The molecule has 0 aromatic heterocycles. The fourth-order valence-electron chi connectivity index (χ4n) is 8.05. The Morgan fingerprint density at radius 1 is 1.18 bits per heavy atom. The minimum atomic E-state index is -1.59. The normalized spacial score (nSPS) is 42.7. The standard InChI is InChI=1S/C26H34O8/c1-14-10-20-19-7-6-17-11-18(29)8-9-24(17,4)23(19)21(33-16(3)28)12-25(20,5)26(14,34-31)22(30)13-32-15(2)27/h8-9,11,14,19-21,23,31H,6-7,10,12-13H2,1-5H3/t14-,19?,20?,21?,23?,24+,25+,26+/m1/s1. The summed E-state index contributed by atoms with van der Waals surface area (Å²) in [7, 11) is 0. The number of esters is 2. The molecular weight excluding hydrogens is 440 g/mol. The first-order valence-electron chi connectivity index (χ1n) is 12.0. The molecule has 34 heavy (non-hydrogen) atoms. The zero-order chi connectivity index (χ0) is 25.1. The summed E-state index contributed by atoms with van der Waals surface area (Å²) in [6.07, 6.45) is 7.14. The highest BCUT2D eigenvalue weighted by Crippen LogP contribution is 2.69. The molecule has 1 N–H and O–H groups in total. The van der Waals surface area contributed by atoms with E-state index in [-0.39, 0.29) is 29.5 Å². The lowest BCUT2D eigenvalue weighted by Crippen LogP contribution is -2.64. The van der Waals surface area contributed by atoms with Gasteiger partial charge in [-0.25, -0.2) is 4.89 Å². The number of Topliss-reactive ketones (excluding diaryl/α,β-unsaturated/α-hetero) is 1. The van der Waals surface area contributed by atoms with E-state index < -0.39 is 46.9 Å². The van der Waals surface area contributed by atoms with E-state index in [0.29, 0.717) is 12.8 Å². The molecule has 0 bridgehead atoms. The summed E-state index contributed by atoms with van der Waals surface area (Å²) in [6, 6.07) is 0. The predicted octanol–water partition coefficient (Wildman–Crippen LogP) is 3.44. The maximum absolute atomic E-state index is 13.5. The second-order valence-electron chi connectivity index (χ2n) is 11.0. The molecule has 3 fully saturated rings. The molecule has 0 spiro atoms. The fourth-order valence-corrected chi connectivity index (χ4v) is 8.05. The lowest BCUT2D eigenvalue weighted by molar-refractivity contribution is -0.351. The van der Waals surface area contributed by atoms with Gasteiger partial charge in [-0.05, 0) is 55.6 Å². The van der Waals surface area contributed by atoms with E-state index >= 15 is 0 Å². The monoisotopic (exact) mass is 474 g/mol. The summed E-state index contributed by atoms with van der Waals surface area (Å²) in [5.41, 5.74) is -1.85. The summed E-state index contributed by atoms with van der Waals surface area (Å²) in [6.45, 7) is 7.98. The van der Waals surface area contributed by atoms with E-state index in [1.54, 1.807) is 12.2 Å². The predicted molar refractivity (Wildman–Crippen MR) is 120 cm³/mol. The van der Waals surface area contributed by atoms with Gasteiger partial charge in [0.1, 0.15) is 6.10 Å². The summed E-state index contributed by atoms with van der Waals surface area (Å²) < 4.78 is 10.9. The Labute approximate surface area is 199 Å². The molecule has 3 saturated carbocycles. The second-order valence-corrected chi connectivity index (χ2v) is 11.0. The van der Waals surface area contributed by atoms with E-state index in [1.165, 1.54) is 13.8 Å². The van der Waals surface area contributed by atoms with Crippen LogP contribution >= 0.6 is 0 Å². The summed E-state index contributed by atoms with van der Waals surface area (Å²) >= 11 is 0. The van der Waals surface area contributed by atoms with Crippen molar-refractivity contribution in [1.82, 2.24) is 0 Å². The maximum atomic E-state index is 13.5. The summed E-state index contributed by atoms with van der Waals surface area (Å²) in [5, 5.41) is 10.2. The number of allylic oxidation sites excluding steroid dienone is 4. The van der Waals surface area contributed by atoms with Crippen LogP contribution in [0.2, 0.25) is 0 Å². The molecule has 8 atom stereocenters. The largest absolute Gasteiger partial charge is 0.462 e. The third kappa shape index (κ3) is 3.40. The van der Waals surface area contributed by atoms with Crippen LogP contribution < -0.4 is 0 Å². The van der Waals surface area contributed by atoms with Crippen LogP contribution in [0.4, 0.5) is 0 Å². The molecule has 186 valence electrons. The molecule has 4 aliphatic rings. The third-order valence-corrected chi connectivity index (χ3v) is 9.30. The van der Waals surface area contributed by atoms with Gasteiger partial charge in [-0.2, -0.15) is 0 Å². The van der Waals surface area contributed by atoms with Crippen molar-refractivity contribution in [3.8, 4) is 0 Å². The van der Waals surface area contributed by atoms with Crippen molar-refractivity contribution in [2.45, 2.75) is 72.0 Å². The van der Waals surface area contributed by atoms with Crippen molar-refractivity contribution in [2.75, 3.05) is 6.61 Å². The van der Waals surface area contributed by atoms with Gasteiger partial charge in [0.2, 0.25) is 5.78 Å². The molecule has 0 amide bonds. The van der Waals surface area contributed by atoms with Crippen LogP contribution in [-0.2, 0) is 33.5 Å². The average Bonchev–Trinajstić information content (AvgIpc) is 2.98. The highest BCUT2D eigenvalue weighted by molar-refractivity contribution is 6.01. The van der Waals surface area contributed by atoms with Gasteiger partial charge in [-0.3, -0.25) is 24.4 Å². The zero-order valence-electron chi connectivity index (χ0n) is 20.5. The molecule has 0 saturated heterocycles. The van der Waals surface area contributed by atoms with Crippen LogP contribution in [0.15, 0.2) is 23.8 Å². The lowest BCUT2D eigenvalue weighted by atomic mass is 9.46. The van der Waals surface area contributed by atoms with Gasteiger partial charge in [0.05, 0.1) is 0 Å². The van der Waals surface area contributed by atoms with E-state index in [1.807, 2.05) is 19.9 Å². The fraction of sp³-hybridized carbons (Fsp3) is 0.692. The van der Waals surface area contributed by atoms with E-state index in [0.717, 1.165) is 18.4 Å². The van der Waals surface area contributed by atoms with Crippen molar-refractivity contribution in [3.05, 3.63) is 23.8 Å². The van der Waals surface area contributed by atoms with Crippen molar-refractivity contribution in [1.29, 1.82) is 0 Å². The van der Waals surface area contributed by atoms with Crippen LogP contribution in [-0.4, -0.2) is 47.1 Å². The number of ether oxygens (including phenoxy) is 2. The van der Waals surface area contributed by atoms with Crippen LogP contribution in [0.1, 0.15) is 60.3 Å². The smallest absolute Gasteiger partial charge is 0.303 e. The van der Waals surface area contributed by atoms with Gasteiger partial charge >= 0.3 is 11.9 Å². The van der Waals surface area contributed by atoms with Gasteiger partial charge in [0.15, 0.2) is 18.0 Å². The molecule has 0 aromatic rings. The van der Waals surface area contributed by atoms with Gasteiger partial charge in [-0.1, -0.05) is 32.4 Å². The third-order valence-electron chi connectivity index (χ3n) is 9.30. The second kappa shape index (κ2) is 8.41. The maximum Gasteiger partial charge on any atom is 0.303 e. The number of carbonyl (C=O) groups excluding carboxylic acids is 4. The van der Waals surface area contributed by atoms with Gasteiger partial charge in [0.25, 0.3) is 0 Å². The Balaban J connectivity index is 1.80. The van der Waals surface area contributed by atoms with Gasteiger partial charge in [-0.15, -0.1) is 0 Å². The zero-order valence-corrected chi connectivity index (χ0v) is 20.5. The van der Waals surface area contributed by atoms with Crippen LogP contribution in [0, 0.1) is 34.5 Å². The van der Waals surface area contributed by atoms with E-state index in [4.69, 9.17) is 14.4 Å². The Kier molecular flexibility index (Phi) is 6.13. The first kappa shape index (κ1) is 24.8. The van der Waals surface area contributed by atoms with E-state index in [9.17, 15) is 24.4 Å². The van der Waals surface area contributed by atoms with Crippen molar-refractivity contribution in [3.63, 3.8) is 0 Å². The van der Waals surface area contributed by atoms with Crippen LogP contribution in [0.5, 0.6) is 0 Å². The number of hydrogen-bond acceptors (Lipinski definition) is 8. The molecule has 8 nitrogen and oxygen atoms in total. The van der Waals surface area contributed by atoms with Gasteiger partial charge < -0.3 is 9.47 Å². The Bertz CT molecular complexity index is 981. The summed E-state index contributed by atoms with van der Waals surface area (Å²) in [5.74, 6) is -1.89. The highest BCUT2D eigenvalue weighted by atomic mass is 17.1. The van der Waals surface area contributed by atoms with Crippen molar-refractivity contribution >= 4 is 23.5 Å². The van der Waals surface area contributed by atoms with Crippen molar-refractivity contribution in [2.24, 2.45) is 34.5 Å². The minimum absolute atomic E-state index is 0.00265. The molecule has 0 radical (unpaired) electrons. The molecule has 0 aromatic carbocycles. The molecule has 4 aliphatic carbocycles. The van der Waals surface area contributed by atoms with E-state index in [2.05, 4.69) is 6.92 Å². The van der Waals surface area contributed by atoms with Crippen LogP contribution in [0.3, 0.4) is 0 Å². The number of carbonyl (C=O) groups is 4. The topological polar surface area (TPSA) is 116 Å². The summed E-state index contributed by atoms with van der Waals surface area (Å²) in [4.78, 5) is 54.2. The molecule has 8 heteroatoms. The number of ketones is 2. The van der Waals surface area contributed by atoms with Crippen molar-refractivity contribution < 1.29 is 38.8 Å². The SMILES string of the molecule is CC(=O)OCC(=O)[C@@]1(OO)[C@H](C)CC2C3CCC4=CC(=O)C=C[C@]4(C)C3C(OC(C)=O)C[C@@]21C. The number of fused-ring (bicyclic) bond motifs is 5. The molecule has 0 aliphatic heterocycles. The average molecular weight is 475 g/mol. The number of hydrogen-bond donors (Lipinski definition) is 1. The Morgan fingerprint density at radius 3 is 2.50 bits per heavy atom. The lowest BCUT2D eigenvalue weighted by Gasteiger charge is -2.60. The Morgan fingerprint density at radius 2 is 1.88 bits per heavy atom. The minimum Gasteiger partial charge on any atom is -0.462 e. The first-order valence-corrected chi connectivity index (χ1v) is 12.0. The first-order chi connectivity index (χ1) is 15.9. The molecular formula is C26H34O8. The van der Waals surface area contributed by atoms with Crippen LogP contribution in [0.25, 0.3) is 0 Å². The molecule has 4 rings (SSSR count). The van der Waals surface area contributed by atoms with Gasteiger partial charge in [0, 0.05) is 30.6 Å². The highest BCUT2D eigenvalue weighted by Gasteiger charge is 2.73. The number of rotatable bonds is 5. The quantitative estimate of drug-likeness (QED) is 0.366.